The Morgan fingerprint density at radius 2 is 1.47 bits per heavy atom. The quantitative estimate of drug-likeness (QED) is 0.725. The van der Waals surface area contributed by atoms with Crippen LogP contribution in [0.1, 0.15) is 19.8 Å². The average molecular weight is 426 g/mol. The minimum atomic E-state index is 0.527. The number of aromatic nitrogens is 2. The molecular weight excluding hydrogens is 394 g/mol. The van der Waals surface area contributed by atoms with Crippen LogP contribution < -0.4 is 25.3 Å². The Hall–Kier alpha value is -2.61. The molecule has 4 rings (SSSR count). The topological polar surface area (TPSA) is 59.6 Å². The van der Waals surface area contributed by atoms with E-state index in [0.717, 1.165) is 56.8 Å². The summed E-state index contributed by atoms with van der Waals surface area (Å²) < 4.78 is 0. The third-order valence-electron chi connectivity index (χ3n) is 5.98. The molecule has 2 aliphatic heterocycles. The maximum atomic E-state index is 5.29. The van der Waals surface area contributed by atoms with Gasteiger partial charge in [0.25, 0.3) is 0 Å². The molecule has 2 aliphatic rings. The lowest BCUT2D eigenvalue weighted by molar-refractivity contribution is 0.436. The van der Waals surface area contributed by atoms with Crippen LogP contribution in [0.2, 0.25) is 0 Å². The number of nitrogens with zero attached hydrogens (tertiary/aromatic N) is 5. The number of hydrogen-bond donors (Lipinski definition) is 2. The molecule has 2 N–H and O–H groups in total. The molecule has 0 bridgehead atoms. The molecular formula is C22H31N7S. The first-order chi connectivity index (χ1) is 14.6. The Balaban J connectivity index is 1.52. The fraction of sp³-hybridized carbons (Fsp3) is 0.500. The van der Waals surface area contributed by atoms with Crippen LogP contribution in [0.3, 0.4) is 0 Å². The van der Waals surface area contributed by atoms with E-state index in [1.165, 1.54) is 18.5 Å². The van der Waals surface area contributed by atoms with E-state index in [2.05, 4.69) is 68.7 Å². The predicted molar refractivity (Wildman–Crippen MR) is 129 cm³/mol. The second kappa shape index (κ2) is 9.47. The van der Waals surface area contributed by atoms with Crippen molar-refractivity contribution < 1.29 is 0 Å². The number of nitrogens with one attached hydrogen (secondary N) is 2. The summed E-state index contributed by atoms with van der Waals surface area (Å²) in [6, 6.07) is 12.8. The number of rotatable bonds is 4. The number of hydrogen-bond acceptors (Lipinski definition) is 6. The van der Waals surface area contributed by atoms with Gasteiger partial charge in [-0.15, -0.1) is 0 Å². The summed E-state index contributed by atoms with van der Waals surface area (Å²) in [5.41, 5.74) is 1.28. The molecule has 1 aromatic heterocycles. The lowest BCUT2D eigenvalue weighted by Gasteiger charge is -2.37. The van der Waals surface area contributed by atoms with Crippen LogP contribution in [0.5, 0.6) is 0 Å². The van der Waals surface area contributed by atoms with Gasteiger partial charge in [-0.25, -0.2) is 0 Å². The summed E-state index contributed by atoms with van der Waals surface area (Å²) in [6.07, 6.45) is 2.40. The molecule has 2 saturated heterocycles. The van der Waals surface area contributed by atoms with Gasteiger partial charge in [0.2, 0.25) is 5.95 Å². The van der Waals surface area contributed by atoms with Crippen LogP contribution in [0, 0.1) is 5.92 Å². The zero-order valence-electron chi connectivity index (χ0n) is 17.8. The Bertz CT molecular complexity index is 844. The van der Waals surface area contributed by atoms with Crippen molar-refractivity contribution in [1.82, 2.24) is 15.3 Å². The second-order valence-corrected chi connectivity index (χ2v) is 8.50. The van der Waals surface area contributed by atoms with Crippen molar-refractivity contribution in [2.75, 3.05) is 66.3 Å². The van der Waals surface area contributed by atoms with Gasteiger partial charge in [-0.2, -0.15) is 9.97 Å². The highest BCUT2D eigenvalue weighted by atomic mass is 32.1. The van der Waals surface area contributed by atoms with Crippen LogP contribution in [0.4, 0.5) is 23.3 Å². The van der Waals surface area contributed by atoms with E-state index in [-0.39, 0.29) is 0 Å². The SMILES string of the molecule is CNC(=S)Nc1nc(N2CCC(C)CC2)cc(N2CCN(c3ccccc3)CC2)n1. The molecule has 0 spiro atoms. The van der Waals surface area contributed by atoms with Crippen molar-refractivity contribution in [3.63, 3.8) is 0 Å². The first kappa shape index (κ1) is 20.7. The van der Waals surface area contributed by atoms with Crippen molar-refractivity contribution in [2.24, 2.45) is 5.92 Å². The van der Waals surface area contributed by atoms with Crippen LogP contribution in [0.15, 0.2) is 36.4 Å². The van der Waals surface area contributed by atoms with Gasteiger partial charge in [0.1, 0.15) is 11.6 Å². The third kappa shape index (κ3) is 4.92. The molecule has 0 unspecified atom stereocenters. The first-order valence-electron chi connectivity index (χ1n) is 10.8. The highest BCUT2D eigenvalue weighted by Crippen LogP contribution is 2.27. The first-order valence-corrected chi connectivity index (χ1v) is 11.2. The number of anilines is 4. The third-order valence-corrected chi connectivity index (χ3v) is 6.29. The van der Waals surface area contributed by atoms with Gasteiger partial charge in [-0.1, -0.05) is 25.1 Å². The number of piperidine rings is 1. The van der Waals surface area contributed by atoms with E-state index in [1.807, 2.05) is 0 Å². The minimum absolute atomic E-state index is 0.527. The summed E-state index contributed by atoms with van der Waals surface area (Å²) in [7, 11) is 1.80. The van der Waals surface area contributed by atoms with E-state index < -0.39 is 0 Å². The van der Waals surface area contributed by atoms with Crippen LogP contribution in [0.25, 0.3) is 0 Å². The molecule has 160 valence electrons. The van der Waals surface area contributed by atoms with Crippen molar-refractivity contribution in [3.05, 3.63) is 36.4 Å². The molecule has 2 fully saturated rings. The van der Waals surface area contributed by atoms with E-state index >= 15 is 0 Å². The molecule has 0 amide bonds. The van der Waals surface area contributed by atoms with Crippen LogP contribution in [-0.2, 0) is 0 Å². The van der Waals surface area contributed by atoms with Crippen molar-refractivity contribution in [3.8, 4) is 0 Å². The zero-order valence-corrected chi connectivity index (χ0v) is 18.7. The molecule has 1 aromatic carbocycles. The predicted octanol–water partition coefficient (Wildman–Crippen LogP) is 2.96. The fourth-order valence-corrected chi connectivity index (χ4v) is 4.13. The maximum absolute atomic E-state index is 5.29. The molecule has 7 nitrogen and oxygen atoms in total. The smallest absolute Gasteiger partial charge is 0.232 e. The van der Waals surface area contributed by atoms with Gasteiger partial charge in [0.15, 0.2) is 5.11 Å². The number of benzene rings is 1. The summed E-state index contributed by atoms with van der Waals surface area (Å²) >= 11 is 5.29. The Morgan fingerprint density at radius 1 is 0.900 bits per heavy atom. The van der Waals surface area contributed by atoms with Crippen molar-refractivity contribution >= 4 is 40.6 Å². The summed E-state index contributed by atoms with van der Waals surface area (Å²) in [5, 5.41) is 6.60. The summed E-state index contributed by atoms with van der Waals surface area (Å²) in [6.45, 7) is 8.21. The largest absolute Gasteiger partial charge is 0.368 e. The van der Waals surface area contributed by atoms with Crippen LogP contribution >= 0.6 is 12.2 Å². The molecule has 0 aliphatic carbocycles. The van der Waals surface area contributed by atoms with E-state index in [9.17, 15) is 0 Å². The van der Waals surface area contributed by atoms with Gasteiger partial charge in [0.05, 0.1) is 0 Å². The summed E-state index contributed by atoms with van der Waals surface area (Å²) in [4.78, 5) is 16.7. The van der Waals surface area contributed by atoms with Crippen LogP contribution in [-0.4, -0.2) is 61.4 Å². The number of piperazine rings is 1. The molecule has 0 radical (unpaired) electrons. The zero-order chi connectivity index (χ0) is 20.9. The number of para-hydroxylation sites is 1. The van der Waals surface area contributed by atoms with Crippen molar-refractivity contribution in [1.29, 1.82) is 0 Å². The Labute approximate surface area is 184 Å². The maximum Gasteiger partial charge on any atom is 0.232 e. The van der Waals surface area contributed by atoms with Gasteiger partial charge < -0.3 is 25.3 Å². The Kier molecular flexibility index (Phi) is 6.52. The molecule has 0 saturated carbocycles. The lowest BCUT2D eigenvalue weighted by atomic mass is 9.99. The van der Waals surface area contributed by atoms with Gasteiger partial charge in [-0.3, -0.25) is 0 Å². The summed E-state index contributed by atoms with van der Waals surface area (Å²) in [5.74, 6) is 3.29. The van der Waals surface area contributed by atoms with Crippen molar-refractivity contribution in [2.45, 2.75) is 19.8 Å². The minimum Gasteiger partial charge on any atom is -0.368 e. The monoisotopic (exact) mass is 425 g/mol. The van der Waals surface area contributed by atoms with Gasteiger partial charge in [-0.05, 0) is 43.1 Å². The fourth-order valence-electron chi connectivity index (χ4n) is 4.04. The molecule has 3 heterocycles. The van der Waals surface area contributed by atoms with Gasteiger partial charge in [0, 0.05) is 58.1 Å². The van der Waals surface area contributed by atoms with E-state index in [0.29, 0.717) is 11.1 Å². The molecule has 2 aromatic rings. The molecule has 30 heavy (non-hydrogen) atoms. The average Bonchev–Trinajstić information content (AvgIpc) is 2.80. The van der Waals surface area contributed by atoms with E-state index in [1.54, 1.807) is 7.05 Å². The molecule has 0 atom stereocenters. The molecule has 8 heteroatoms. The highest BCUT2D eigenvalue weighted by Gasteiger charge is 2.23. The number of thiocarbonyl (C=S) groups is 1. The van der Waals surface area contributed by atoms with Gasteiger partial charge >= 0.3 is 0 Å². The second-order valence-electron chi connectivity index (χ2n) is 8.09. The standard InChI is InChI=1S/C22H31N7S/c1-17-8-10-28(11-9-17)19-16-20(25-21(24-19)26-22(30)23-2)29-14-12-27(13-15-29)18-6-4-3-5-7-18/h3-7,16-17H,8-15H2,1-2H3,(H2,23,24,25,26,30). The van der Waals surface area contributed by atoms with E-state index in [4.69, 9.17) is 22.2 Å². The Morgan fingerprint density at radius 3 is 2.07 bits per heavy atom. The lowest BCUT2D eigenvalue weighted by Crippen LogP contribution is -2.47. The highest BCUT2D eigenvalue weighted by molar-refractivity contribution is 7.80. The normalized spacial score (nSPS) is 17.7.